The molecule has 0 spiro atoms. The van der Waals surface area contributed by atoms with Crippen LogP contribution in [0.4, 0.5) is 5.69 Å². The van der Waals surface area contributed by atoms with E-state index in [-0.39, 0.29) is 23.8 Å². The zero-order chi connectivity index (χ0) is 18.4. The lowest BCUT2D eigenvalue weighted by atomic mass is 10.2. The molecular weight excluding hydrogens is 346 g/mol. The van der Waals surface area contributed by atoms with Crippen molar-refractivity contribution < 1.29 is 19.1 Å². The molecule has 2 aromatic rings. The molecule has 0 aliphatic carbocycles. The quantitative estimate of drug-likeness (QED) is 0.728. The van der Waals surface area contributed by atoms with E-state index < -0.39 is 11.8 Å². The molecule has 2 aromatic carbocycles. The molecule has 0 aromatic heterocycles. The Labute approximate surface area is 149 Å². The summed E-state index contributed by atoms with van der Waals surface area (Å²) in [5.41, 5.74) is 6.33. The van der Waals surface area contributed by atoms with Crippen molar-refractivity contribution in [2.45, 2.75) is 0 Å². The van der Waals surface area contributed by atoms with Crippen molar-refractivity contribution in [2.24, 2.45) is 5.73 Å². The normalized spacial score (nSPS) is 10.0. The number of hydrogen-bond acceptors (Lipinski definition) is 4. The molecule has 7 nitrogen and oxygen atoms in total. The first-order valence-electron chi connectivity index (χ1n) is 7.25. The fourth-order valence-electron chi connectivity index (χ4n) is 2.01. The lowest BCUT2D eigenvalue weighted by Crippen LogP contribution is -2.22. The van der Waals surface area contributed by atoms with E-state index in [4.69, 9.17) is 22.1 Å². The topological polar surface area (TPSA) is 111 Å². The number of rotatable bonds is 6. The Morgan fingerprint density at radius 2 is 1.80 bits per heavy atom. The van der Waals surface area contributed by atoms with Crippen molar-refractivity contribution in [3.8, 4) is 5.75 Å². The van der Waals surface area contributed by atoms with Crippen LogP contribution in [0.3, 0.4) is 0 Å². The Morgan fingerprint density at radius 1 is 1.12 bits per heavy atom. The monoisotopic (exact) mass is 361 g/mol. The average Bonchev–Trinajstić information content (AvgIpc) is 2.60. The van der Waals surface area contributed by atoms with Crippen LogP contribution >= 0.6 is 11.6 Å². The van der Waals surface area contributed by atoms with Gasteiger partial charge in [0.05, 0.1) is 5.56 Å². The molecule has 2 rings (SSSR count). The van der Waals surface area contributed by atoms with Gasteiger partial charge in [0.15, 0.2) is 6.61 Å². The fraction of sp³-hybridized carbons (Fsp3) is 0.118. The van der Waals surface area contributed by atoms with Gasteiger partial charge in [-0.15, -0.1) is 0 Å². The van der Waals surface area contributed by atoms with Gasteiger partial charge in [-0.1, -0.05) is 11.6 Å². The van der Waals surface area contributed by atoms with Gasteiger partial charge in [-0.2, -0.15) is 0 Å². The highest BCUT2D eigenvalue weighted by Crippen LogP contribution is 2.22. The minimum absolute atomic E-state index is 0.0928. The second kappa shape index (κ2) is 8.16. The molecule has 0 saturated carbocycles. The van der Waals surface area contributed by atoms with E-state index >= 15 is 0 Å². The summed E-state index contributed by atoms with van der Waals surface area (Å²) < 4.78 is 5.33. The zero-order valence-corrected chi connectivity index (χ0v) is 14.1. The van der Waals surface area contributed by atoms with Crippen LogP contribution < -0.4 is 21.1 Å². The first-order chi connectivity index (χ1) is 11.9. The maximum atomic E-state index is 12.0. The van der Waals surface area contributed by atoms with Crippen LogP contribution in [-0.2, 0) is 4.79 Å². The van der Waals surface area contributed by atoms with Crippen LogP contribution in [0.5, 0.6) is 5.75 Å². The van der Waals surface area contributed by atoms with E-state index in [0.717, 1.165) is 0 Å². The number of hydrogen-bond donors (Lipinski definition) is 3. The summed E-state index contributed by atoms with van der Waals surface area (Å²) in [5.74, 6) is -1.19. The molecule has 0 aliphatic rings. The van der Waals surface area contributed by atoms with Crippen molar-refractivity contribution in [3.63, 3.8) is 0 Å². The van der Waals surface area contributed by atoms with Crippen molar-refractivity contribution in [3.05, 3.63) is 58.6 Å². The second-order valence-electron chi connectivity index (χ2n) is 5.00. The minimum Gasteiger partial charge on any atom is -0.483 e. The molecule has 0 saturated heterocycles. The molecular formula is C17H16ClN3O4. The van der Waals surface area contributed by atoms with Crippen molar-refractivity contribution in [1.29, 1.82) is 0 Å². The van der Waals surface area contributed by atoms with E-state index in [1.54, 1.807) is 24.3 Å². The molecule has 0 aliphatic heterocycles. The number of nitrogens with one attached hydrogen (secondary N) is 2. The summed E-state index contributed by atoms with van der Waals surface area (Å²) >= 11 is 5.81. The number of anilines is 1. The Hall–Kier alpha value is -3.06. The number of carbonyl (C=O) groups is 3. The van der Waals surface area contributed by atoms with E-state index in [1.807, 2.05) is 0 Å². The van der Waals surface area contributed by atoms with Crippen molar-refractivity contribution >= 4 is 35.0 Å². The Kier molecular flexibility index (Phi) is 5.97. The van der Waals surface area contributed by atoms with Gasteiger partial charge in [-0.3, -0.25) is 14.4 Å². The van der Waals surface area contributed by atoms with Crippen LogP contribution in [0, 0.1) is 0 Å². The fourth-order valence-corrected chi connectivity index (χ4v) is 2.18. The Bertz CT molecular complexity index is 806. The number of nitrogens with two attached hydrogens (primary N) is 1. The summed E-state index contributed by atoms with van der Waals surface area (Å²) in [6.07, 6.45) is 0. The summed E-state index contributed by atoms with van der Waals surface area (Å²) in [6, 6.07) is 10.7. The molecule has 3 amide bonds. The number of ether oxygens (including phenoxy) is 1. The molecule has 4 N–H and O–H groups in total. The van der Waals surface area contributed by atoms with Crippen molar-refractivity contribution in [1.82, 2.24) is 5.32 Å². The van der Waals surface area contributed by atoms with Crippen LogP contribution in [0.25, 0.3) is 0 Å². The number of benzene rings is 2. The standard InChI is InChI=1S/C17H16ClN3O4/c1-20-17(24)10-2-5-12(6-3-10)21-15(22)9-25-14-7-4-11(18)8-13(14)16(19)23/h2-8H,9H2,1H3,(H2,19,23)(H,20,24)(H,21,22). The summed E-state index contributed by atoms with van der Waals surface area (Å²) in [4.78, 5) is 34.8. The smallest absolute Gasteiger partial charge is 0.262 e. The number of primary amides is 1. The first kappa shape index (κ1) is 18.3. The highest BCUT2D eigenvalue weighted by molar-refractivity contribution is 6.31. The third kappa shape index (κ3) is 4.95. The molecule has 8 heteroatoms. The minimum atomic E-state index is -0.706. The highest BCUT2D eigenvalue weighted by Gasteiger charge is 2.12. The van der Waals surface area contributed by atoms with Gasteiger partial charge in [-0.05, 0) is 42.5 Å². The lowest BCUT2D eigenvalue weighted by Gasteiger charge is -2.10. The van der Waals surface area contributed by atoms with E-state index in [9.17, 15) is 14.4 Å². The van der Waals surface area contributed by atoms with Gasteiger partial charge in [0, 0.05) is 23.3 Å². The lowest BCUT2D eigenvalue weighted by molar-refractivity contribution is -0.118. The Morgan fingerprint density at radius 3 is 2.40 bits per heavy atom. The van der Waals surface area contributed by atoms with E-state index in [0.29, 0.717) is 16.3 Å². The third-order valence-corrected chi connectivity index (χ3v) is 3.46. The van der Waals surface area contributed by atoms with E-state index in [2.05, 4.69) is 10.6 Å². The van der Waals surface area contributed by atoms with Crippen molar-refractivity contribution in [2.75, 3.05) is 19.0 Å². The summed E-state index contributed by atoms with van der Waals surface area (Å²) in [5, 5.41) is 5.46. The van der Waals surface area contributed by atoms with E-state index in [1.165, 1.54) is 25.2 Å². The molecule has 130 valence electrons. The summed E-state index contributed by atoms with van der Waals surface area (Å²) in [7, 11) is 1.53. The van der Waals surface area contributed by atoms with Gasteiger partial charge in [0.25, 0.3) is 17.7 Å². The SMILES string of the molecule is CNC(=O)c1ccc(NC(=O)COc2ccc(Cl)cc2C(N)=O)cc1. The maximum Gasteiger partial charge on any atom is 0.262 e. The van der Waals surface area contributed by atoms with Gasteiger partial charge < -0.3 is 21.1 Å². The van der Waals surface area contributed by atoms with Gasteiger partial charge in [0.1, 0.15) is 5.75 Å². The largest absolute Gasteiger partial charge is 0.483 e. The number of carbonyl (C=O) groups excluding carboxylic acids is 3. The number of amides is 3. The molecule has 0 unspecified atom stereocenters. The van der Waals surface area contributed by atoms with Gasteiger partial charge in [0.2, 0.25) is 0 Å². The molecule has 0 radical (unpaired) electrons. The predicted octanol–water partition coefficient (Wildman–Crippen LogP) is 1.82. The molecule has 0 fully saturated rings. The molecule has 0 heterocycles. The predicted molar refractivity (Wildman–Crippen MR) is 93.9 cm³/mol. The highest BCUT2D eigenvalue weighted by atomic mass is 35.5. The van der Waals surface area contributed by atoms with Gasteiger partial charge in [-0.25, -0.2) is 0 Å². The van der Waals surface area contributed by atoms with Crippen LogP contribution in [0.15, 0.2) is 42.5 Å². The van der Waals surface area contributed by atoms with Crippen LogP contribution in [0.2, 0.25) is 5.02 Å². The second-order valence-corrected chi connectivity index (χ2v) is 5.43. The van der Waals surface area contributed by atoms with Gasteiger partial charge >= 0.3 is 0 Å². The first-order valence-corrected chi connectivity index (χ1v) is 7.62. The average molecular weight is 362 g/mol. The Balaban J connectivity index is 1.97. The number of halogens is 1. The van der Waals surface area contributed by atoms with Crippen LogP contribution in [0.1, 0.15) is 20.7 Å². The molecule has 0 bridgehead atoms. The van der Waals surface area contributed by atoms with Crippen LogP contribution in [-0.4, -0.2) is 31.4 Å². The maximum absolute atomic E-state index is 12.0. The zero-order valence-electron chi connectivity index (χ0n) is 13.3. The molecule has 0 atom stereocenters. The summed E-state index contributed by atoms with van der Waals surface area (Å²) in [6.45, 7) is -0.320. The third-order valence-electron chi connectivity index (χ3n) is 3.22. The molecule has 25 heavy (non-hydrogen) atoms.